The number of hydrogen-bond acceptors (Lipinski definition) is 3. The van der Waals surface area contributed by atoms with Gasteiger partial charge in [0.25, 0.3) is 0 Å². The minimum Gasteiger partial charge on any atom is -0.371 e. The van der Waals surface area contributed by atoms with Gasteiger partial charge in [-0.1, -0.05) is 18.2 Å². The molecule has 3 nitrogen and oxygen atoms in total. The van der Waals surface area contributed by atoms with Gasteiger partial charge in [0.05, 0.1) is 12.2 Å². The van der Waals surface area contributed by atoms with Crippen molar-refractivity contribution >= 4 is 5.69 Å². The lowest BCUT2D eigenvalue weighted by Crippen LogP contribution is -2.58. The number of benzene rings is 1. The van der Waals surface area contributed by atoms with Crippen LogP contribution in [-0.4, -0.2) is 38.4 Å². The van der Waals surface area contributed by atoms with Crippen molar-refractivity contribution in [2.24, 2.45) is 0 Å². The summed E-state index contributed by atoms with van der Waals surface area (Å²) >= 11 is 0. The summed E-state index contributed by atoms with van der Waals surface area (Å²) in [5.41, 5.74) is 1.37. The van der Waals surface area contributed by atoms with Crippen LogP contribution in [0.4, 0.5) is 5.69 Å². The van der Waals surface area contributed by atoms with Crippen molar-refractivity contribution in [2.45, 2.75) is 18.4 Å². The van der Waals surface area contributed by atoms with Gasteiger partial charge >= 0.3 is 0 Å². The topological polar surface area (TPSA) is 24.5 Å². The fraction of sp³-hybridized carbons (Fsp3) is 0.571. The molecule has 92 valence electrons. The number of para-hydroxylation sites is 1. The second-order valence-electron chi connectivity index (χ2n) is 5.07. The smallest absolute Gasteiger partial charge is 0.0981 e. The molecule has 2 aliphatic rings. The maximum Gasteiger partial charge on any atom is 0.0981 e. The van der Waals surface area contributed by atoms with E-state index in [2.05, 4.69) is 40.5 Å². The van der Waals surface area contributed by atoms with Gasteiger partial charge in [0.1, 0.15) is 0 Å². The Bertz CT molecular complexity index is 354. The number of ether oxygens (including phenoxy) is 1. The highest BCUT2D eigenvalue weighted by atomic mass is 16.5. The molecule has 0 aliphatic carbocycles. The SMILES string of the molecule is c1ccc(N2CCCC3(CNCCO3)C2)cc1. The lowest BCUT2D eigenvalue weighted by Gasteiger charge is -2.45. The zero-order chi connectivity index (χ0) is 11.6. The Kier molecular flexibility index (Phi) is 3.04. The zero-order valence-electron chi connectivity index (χ0n) is 10.2. The molecule has 2 aliphatic heterocycles. The van der Waals surface area contributed by atoms with Crippen LogP contribution >= 0.6 is 0 Å². The van der Waals surface area contributed by atoms with Crippen molar-refractivity contribution < 1.29 is 4.74 Å². The maximum atomic E-state index is 6.05. The Morgan fingerprint density at radius 3 is 2.88 bits per heavy atom. The molecule has 0 radical (unpaired) electrons. The maximum absolute atomic E-state index is 6.05. The summed E-state index contributed by atoms with van der Waals surface area (Å²) in [6, 6.07) is 10.7. The highest BCUT2D eigenvalue weighted by molar-refractivity contribution is 5.47. The van der Waals surface area contributed by atoms with Crippen molar-refractivity contribution in [1.29, 1.82) is 0 Å². The van der Waals surface area contributed by atoms with Gasteiger partial charge in [0, 0.05) is 31.9 Å². The van der Waals surface area contributed by atoms with Crippen LogP contribution in [0.1, 0.15) is 12.8 Å². The quantitative estimate of drug-likeness (QED) is 0.796. The molecule has 0 bridgehead atoms. The Balaban J connectivity index is 1.75. The third kappa shape index (κ3) is 2.31. The molecule has 0 aromatic heterocycles. The van der Waals surface area contributed by atoms with Crippen molar-refractivity contribution in [3.05, 3.63) is 30.3 Å². The molecule has 1 aromatic carbocycles. The van der Waals surface area contributed by atoms with E-state index in [-0.39, 0.29) is 5.60 Å². The molecule has 17 heavy (non-hydrogen) atoms. The molecule has 1 unspecified atom stereocenters. The van der Waals surface area contributed by atoms with Crippen LogP contribution in [0.3, 0.4) is 0 Å². The fourth-order valence-corrected chi connectivity index (χ4v) is 2.93. The van der Waals surface area contributed by atoms with Gasteiger partial charge in [-0.2, -0.15) is 0 Å². The van der Waals surface area contributed by atoms with Gasteiger partial charge in [0.15, 0.2) is 0 Å². The first-order valence-electron chi connectivity index (χ1n) is 6.53. The molecule has 1 spiro atoms. The Morgan fingerprint density at radius 1 is 1.24 bits per heavy atom. The van der Waals surface area contributed by atoms with Crippen LogP contribution in [-0.2, 0) is 4.74 Å². The van der Waals surface area contributed by atoms with Gasteiger partial charge in [-0.15, -0.1) is 0 Å². The summed E-state index contributed by atoms with van der Waals surface area (Å²) in [4.78, 5) is 2.45. The number of nitrogens with zero attached hydrogens (tertiary/aromatic N) is 1. The largest absolute Gasteiger partial charge is 0.371 e. The van der Waals surface area contributed by atoms with Crippen molar-refractivity contribution in [3.63, 3.8) is 0 Å². The molecule has 1 aromatic rings. The van der Waals surface area contributed by atoms with Gasteiger partial charge in [0.2, 0.25) is 0 Å². The van der Waals surface area contributed by atoms with Crippen LogP contribution in [0, 0.1) is 0 Å². The van der Waals surface area contributed by atoms with Crippen LogP contribution in [0.2, 0.25) is 0 Å². The molecule has 0 saturated carbocycles. The summed E-state index contributed by atoms with van der Waals surface area (Å²) in [7, 11) is 0. The number of morpholine rings is 1. The van der Waals surface area contributed by atoms with Crippen LogP contribution < -0.4 is 10.2 Å². The highest BCUT2D eigenvalue weighted by Gasteiger charge is 2.37. The third-order valence-electron chi connectivity index (χ3n) is 3.80. The number of rotatable bonds is 1. The molecule has 3 heteroatoms. The summed E-state index contributed by atoms with van der Waals surface area (Å²) < 4.78 is 6.05. The molecule has 2 fully saturated rings. The second kappa shape index (κ2) is 4.67. The first-order chi connectivity index (χ1) is 8.38. The highest BCUT2D eigenvalue weighted by Crippen LogP contribution is 2.29. The molecule has 3 rings (SSSR count). The first-order valence-corrected chi connectivity index (χ1v) is 6.53. The Labute approximate surface area is 103 Å². The molecule has 2 heterocycles. The molecular formula is C14H20N2O. The van der Waals surface area contributed by atoms with Crippen molar-refractivity contribution in [1.82, 2.24) is 5.32 Å². The van der Waals surface area contributed by atoms with E-state index in [1.807, 2.05) is 0 Å². The predicted molar refractivity (Wildman–Crippen MR) is 69.4 cm³/mol. The van der Waals surface area contributed by atoms with Gasteiger partial charge < -0.3 is 15.0 Å². The second-order valence-corrected chi connectivity index (χ2v) is 5.07. The van der Waals surface area contributed by atoms with Crippen LogP contribution in [0.5, 0.6) is 0 Å². The minimum atomic E-state index is 0.0480. The van der Waals surface area contributed by atoms with Crippen molar-refractivity contribution in [3.8, 4) is 0 Å². The summed E-state index contributed by atoms with van der Waals surface area (Å²) in [5, 5.41) is 3.47. The number of anilines is 1. The monoisotopic (exact) mass is 232 g/mol. The molecular weight excluding hydrogens is 212 g/mol. The third-order valence-corrected chi connectivity index (χ3v) is 3.80. The molecule has 1 N–H and O–H groups in total. The summed E-state index contributed by atoms with van der Waals surface area (Å²) in [6.45, 7) is 5.01. The van der Waals surface area contributed by atoms with E-state index in [1.54, 1.807) is 0 Å². The summed E-state index contributed by atoms with van der Waals surface area (Å²) in [5.74, 6) is 0. The predicted octanol–water partition coefficient (Wildman–Crippen LogP) is 1.65. The van der Waals surface area contributed by atoms with Gasteiger partial charge in [-0.3, -0.25) is 0 Å². The van der Waals surface area contributed by atoms with Crippen LogP contribution in [0.25, 0.3) is 0 Å². The lowest BCUT2D eigenvalue weighted by atomic mass is 9.91. The fourth-order valence-electron chi connectivity index (χ4n) is 2.93. The lowest BCUT2D eigenvalue weighted by molar-refractivity contribution is -0.0725. The van der Waals surface area contributed by atoms with E-state index in [0.717, 1.165) is 32.8 Å². The van der Waals surface area contributed by atoms with E-state index in [0.29, 0.717) is 0 Å². The molecule has 1 atom stereocenters. The van der Waals surface area contributed by atoms with E-state index in [1.165, 1.54) is 18.5 Å². The average molecular weight is 232 g/mol. The normalized spacial score (nSPS) is 29.5. The summed E-state index contributed by atoms with van der Waals surface area (Å²) in [6.07, 6.45) is 2.40. The standard InChI is InChI=1S/C14H20N2O/c1-2-5-13(6-3-1)16-9-4-7-14(12-16)11-15-8-10-17-14/h1-3,5-6,15H,4,7-12H2. The average Bonchev–Trinajstić information content (AvgIpc) is 2.41. The van der Waals surface area contributed by atoms with E-state index >= 15 is 0 Å². The number of piperidine rings is 1. The number of nitrogens with one attached hydrogen (secondary N) is 1. The van der Waals surface area contributed by atoms with E-state index < -0.39 is 0 Å². The van der Waals surface area contributed by atoms with E-state index in [4.69, 9.17) is 4.74 Å². The van der Waals surface area contributed by atoms with Gasteiger partial charge in [-0.25, -0.2) is 0 Å². The van der Waals surface area contributed by atoms with Gasteiger partial charge in [-0.05, 0) is 25.0 Å². The minimum absolute atomic E-state index is 0.0480. The van der Waals surface area contributed by atoms with E-state index in [9.17, 15) is 0 Å². The molecule has 0 amide bonds. The Morgan fingerprint density at radius 2 is 2.12 bits per heavy atom. The number of hydrogen-bond donors (Lipinski definition) is 1. The first kappa shape index (κ1) is 11.1. The molecule has 2 saturated heterocycles. The zero-order valence-corrected chi connectivity index (χ0v) is 10.2. The van der Waals surface area contributed by atoms with Crippen LogP contribution in [0.15, 0.2) is 30.3 Å². The Hall–Kier alpha value is -1.06. The van der Waals surface area contributed by atoms with Crippen molar-refractivity contribution in [2.75, 3.05) is 37.7 Å².